The van der Waals surface area contributed by atoms with E-state index in [9.17, 15) is 15.0 Å². The Kier molecular flexibility index (Phi) is 3.96. The number of aliphatic hydroxyl groups excluding tert-OH is 2. The maximum Gasteiger partial charge on any atom is 0.254 e. The quantitative estimate of drug-likeness (QED) is 0.913. The number of β-amino-alcohol motifs (C(OH)–C–C–N with tert-alkyl or cyclic N) is 1. The maximum absolute atomic E-state index is 12.3. The van der Waals surface area contributed by atoms with Crippen LogP contribution in [0, 0.1) is 0 Å². The van der Waals surface area contributed by atoms with Gasteiger partial charge in [-0.2, -0.15) is 0 Å². The third-order valence-corrected chi connectivity index (χ3v) is 3.99. The van der Waals surface area contributed by atoms with Crippen molar-refractivity contribution in [1.29, 1.82) is 0 Å². The first-order chi connectivity index (χ1) is 10.5. The summed E-state index contributed by atoms with van der Waals surface area (Å²) < 4.78 is 0. The lowest BCUT2D eigenvalue weighted by Gasteiger charge is -2.35. The summed E-state index contributed by atoms with van der Waals surface area (Å²) in [6, 6.07) is 15.1. The number of hydrogen-bond acceptors (Lipinski definition) is 3. The summed E-state index contributed by atoms with van der Waals surface area (Å²) in [7, 11) is 0. The zero-order valence-electron chi connectivity index (χ0n) is 12.4. The van der Waals surface area contributed by atoms with E-state index >= 15 is 0 Å². The molecule has 22 heavy (non-hydrogen) atoms. The average Bonchev–Trinajstić information content (AvgIpc) is 2.51. The minimum atomic E-state index is -0.486. The molecule has 0 unspecified atom stereocenters. The van der Waals surface area contributed by atoms with E-state index in [0.717, 1.165) is 16.7 Å². The van der Waals surface area contributed by atoms with Gasteiger partial charge >= 0.3 is 0 Å². The van der Waals surface area contributed by atoms with Crippen molar-refractivity contribution in [2.24, 2.45) is 0 Å². The van der Waals surface area contributed by atoms with Gasteiger partial charge in [0.2, 0.25) is 0 Å². The molecule has 114 valence electrons. The summed E-state index contributed by atoms with van der Waals surface area (Å²) >= 11 is 0. The third-order valence-electron chi connectivity index (χ3n) is 3.99. The molecule has 2 aromatic rings. The molecule has 1 aliphatic rings. The highest BCUT2D eigenvalue weighted by Crippen LogP contribution is 2.24. The number of hydrogen-bond donors (Lipinski definition) is 2. The summed E-state index contributed by atoms with van der Waals surface area (Å²) in [4.78, 5) is 13.9. The van der Waals surface area contributed by atoms with Crippen LogP contribution in [0.3, 0.4) is 0 Å². The molecule has 1 heterocycles. The van der Waals surface area contributed by atoms with Gasteiger partial charge in [-0.25, -0.2) is 0 Å². The summed E-state index contributed by atoms with van der Waals surface area (Å²) in [6.07, 6.45) is -0.875. The van der Waals surface area contributed by atoms with E-state index in [2.05, 4.69) is 0 Å². The van der Waals surface area contributed by atoms with Crippen LogP contribution in [-0.2, 0) is 0 Å². The standard InChI is InChI=1S/C18H19NO3/c1-12(20)13-5-7-14(8-6-13)15-3-2-4-16(9-15)18(22)19-10-17(21)11-19/h2-9,12,17,20-21H,10-11H2,1H3/t12-/m1/s1. The fourth-order valence-electron chi connectivity index (χ4n) is 2.59. The minimum absolute atomic E-state index is 0.0484. The topological polar surface area (TPSA) is 60.8 Å². The van der Waals surface area contributed by atoms with Crippen molar-refractivity contribution in [1.82, 2.24) is 4.90 Å². The number of aliphatic hydroxyl groups is 2. The van der Waals surface area contributed by atoms with Gasteiger partial charge in [-0.3, -0.25) is 4.79 Å². The van der Waals surface area contributed by atoms with Crippen molar-refractivity contribution >= 4 is 5.91 Å². The molecule has 1 fully saturated rings. The minimum Gasteiger partial charge on any atom is -0.389 e. The largest absolute Gasteiger partial charge is 0.389 e. The van der Waals surface area contributed by atoms with Gasteiger partial charge in [0.05, 0.1) is 12.2 Å². The second kappa shape index (κ2) is 5.91. The Balaban J connectivity index is 1.83. The van der Waals surface area contributed by atoms with Crippen LogP contribution >= 0.6 is 0 Å². The molecule has 0 saturated carbocycles. The van der Waals surface area contributed by atoms with Crippen LogP contribution in [0.2, 0.25) is 0 Å². The molecule has 4 heteroatoms. The van der Waals surface area contributed by atoms with Crippen LogP contribution in [0.4, 0.5) is 0 Å². The van der Waals surface area contributed by atoms with Crippen LogP contribution in [0.1, 0.15) is 28.9 Å². The van der Waals surface area contributed by atoms with Crippen LogP contribution in [-0.4, -0.2) is 40.2 Å². The third kappa shape index (κ3) is 2.89. The fourth-order valence-corrected chi connectivity index (χ4v) is 2.59. The lowest BCUT2D eigenvalue weighted by atomic mass is 9.99. The summed E-state index contributed by atoms with van der Waals surface area (Å²) in [5, 5.41) is 18.9. The van der Waals surface area contributed by atoms with E-state index in [1.165, 1.54) is 0 Å². The van der Waals surface area contributed by atoms with Gasteiger partial charge in [0.1, 0.15) is 0 Å². The summed E-state index contributed by atoms with van der Waals surface area (Å²) in [6.45, 7) is 2.55. The predicted octanol–water partition coefficient (Wildman–Crippen LogP) is 2.22. The highest BCUT2D eigenvalue weighted by Gasteiger charge is 2.29. The highest BCUT2D eigenvalue weighted by molar-refractivity contribution is 5.96. The lowest BCUT2D eigenvalue weighted by molar-refractivity contribution is 0.00590. The molecular formula is C18H19NO3. The maximum atomic E-state index is 12.3. The predicted molar refractivity (Wildman–Crippen MR) is 84.4 cm³/mol. The van der Waals surface area contributed by atoms with E-state index < -0.39 is 6.10 Å². The summed E-state index contributed by atoms with van der Waals surface area (Å²) in [5.74, 6) is -0.0484. The molecule has 3 rings (SSSR count). The van der Waals surface area contributed by atoms with Crippen LogP contribution in [0.15, 0.2) is 48.5 Å². The number of nitrogens with zero attached hydrogens (tertiary/aromatic N) is 1. The Morgan fingerprint density at radius 3 is 2.41 bits per heavy atom. The first-order valence-electron chi connectivity index (χ1n) is 7.40. The second-order valence-electron chi connectivity index (χ2n) is 5.74. The van der Waals surface area contributed by atoms with Gasteiger partial charge in [-0.1, -0.05) is 36.4 Å². The Morgan fingerprint density at radius 1 is 1.14 bits per heavy atom. The Hall–Kier alpha value is -2.17. The molecule has 4 nitrogen and oxygen atoms in total. The fraction of sp³-hybridized carbons (Fsp3) is 0.278. The van der Waals surface area contributed by atoms with Gasteiger partial charge < -0.3 is 15.1 Å². The molecule has 0 radical (unpaired) electrons. The molecule has 0 aliphatic carbocycles. The van der Waals surface area contributed by atoms with Crippen molar-refractivity contribution < 1.29 is 15.0 Å². The zero-order valence-corrected chi connectivity index (χ0v) is 12.4. The second-order valence-corrected chi connectivity index (χ2v) is 5.74. The first-order valence-corrected chi connectivity index (χ1v) is 7.40. The van der Waals surface area contributed by atoms with E-state index in [4.69, 9.17) is 0 Å². The lowest BCUT2D eigenvalue weighted by Crippen LogP contribution is -2.53. The average molecular weight is 297 g/mol. The van der Waals surface area contributed by atoms with Gasteiger partial charge in [0, 0.05) is 18.7 Å². The molecule has 1 saturated heterocycles. The van der Waals surface area contributed by atoms with Crippen LogP contribution in [0.5, 0.6) is 0 Å². The molecule has 1 atom stereocenters. The molecule has 0 aromatic heterocycles. The zero-order chi connectivity index (χ0) is 15.7. The van der Waals surface area contributed by atoms with Crippen molar-refractivity contribution in [2.45, 2.75) is 19.1 Å². The molecule has 1 aliphatic heterocycles. The molecule has 1 amide bonds. The number of likely N-dealkylation sites (tertiary alicyclic amines) is 1. The summed E-state index contributed by atoms with van der Waals surface area (Å²) in [5.41, 5.74) is 3.46. The number of amides is 1. The number of benzene rings is 2. The van der Waals surface area contributed by atoms with Gasteiger partial charge in [-0.05, 0) is 35.7 Å². The molecular weight excluding hydrogens is 278 g/mol. The van der Waals surface area contributed by atoms with Crippen molar-refractivity contribution in [2.75, 3.05) is 13.1 Å². The van der Waals surface area contributed by atoms with Gasteiger partial charge in [-0.15, -0.1) is 0 Å². The van der Waals surface area contributed by atoms with Crippen LogP contribution in [0.25, 0.3) is 11.1 Å². The SMILES string of the molecule is C[C@@H](O)c1ccc(-c2cccc(C(=O)N3CC(O)C3)c2)cc1. The number of rotatable bonds is 3. The molecule has 2 aromatic carbocycles. The smallest absolute Gasteiger partial charge is 0.254 e. The molecule has 0 spiro atoms. The van der Waals surface area contributed by atoms with E-state index in [-0.39, 0.29) is 12.0 Å². The Labute approximate surface area is 129 Å². The highest BCUT2D eigenvalue weighted by atomic mass is 16.3. The van der Waals surface area contributed by atoms with E-state index in [0.29, 0.717) is 18.7 Å². The van der Waals surface area contributed by atoms with E-state index in [1.807, 2.05) is 42.5 Å². The Morgan fingerprint density at radius 2 is 1.82 bits per heavy atom. The van der Waals surface area contributed by atoms with Crippen molar-refractivity contribution in [3.8, 4) is 11.1 Å². The van der Waals surface area contributed by atoms with Gasteiger partial charge in [0.15, 0.2) is 0 Å². The molecule has 0 bridgehead atoms. The van der Waals surface area contributed by atoms with E-state index in [1.54, 1.807) is 17.9 Å². The monoisotopic (exact) mass is 297 g/mol. The normalized spacial score (nSPS) is 16.2. The van der Waals surface area contributed by atoms with Crippen LogP contribution < -0.4 is 0 Å². The Bertz CT molecular complexity index is 673. The first kappa shape index (κ1) is 14.8. The number of carbonyl (C=O) groups is 1. The van der Waals surface area contributed by atoms with Crippen molar-refractivity contribution in [3.05, 3.63) is 59.7 Å². The van der Waals surface area contributed by atoms with Crippen molar-refractivity contribution in [3.63, 3.8) is 0 Å². The van der Waals surface area contributed by atoms with Gasteiger partial charge in [0.25, 0.3) is 5.91 Å². The number of carbonyl (C=O) groups excluding carboxylic acids is 1. The molecule has 2 N–H and O–H groups in total.